The lowest BCUT2D eigenvalue weighted by Gasteiger charge is -2.40. The van der Waals surface area contributed by atoms with Crippen LogP contribution in [0.5, 0.6) is 0 Å². The van der Waals surface area contributed by atoms with Crippen LogP contribution in [0, 0.1) is 17.6 Å². The summed E-state index contributed by atoms with van der Waals surface area (Å²) in [4.78, 5) is 23.4. The highest BCUT2D eigenvalue weighted by molar-refractivity contribution is 7.48. The third-order valence-corrected chi connectivity index (χ3v) is 14.4. The number of hydrogen-bond acceptors (Lipinski definition) is 9. The second kappa shape index (κ2) is 11.1. The molecule has 1 saturated heterocycles. The van der Waals surface area contributed by atoms with Crippen LogP contribution in [-0.4, -0.2) is 47.2 Å². The Kier molecular flexibility index (Phi) is 8.09. The summed E-state index contributed by atoms with van der Waals surface area (Å²) in [5.74, 6) is -2.01. The molecule has 1 aromatic carbocycles. The SMILES string of the molecule is C=C1[C@H](CO[P@]2(=O)OCC[C@H](c3ccc(F)cc3F)O2)[C@@H](O[Si](C)(C)C(C)(C)C)C[C@@H]1n1cnc2c(=O)[nH]c(N)nc21. The standard InChI is InChI=1S/C27H36F2N5O6PSi/c1-15-18(13-38-41(36)37-10-9-21(39-41)17-8-7-16(28)11-19(17)29)22(40-42(5,6)27(2,3)4)12-20(15)34-14-31-23-24(34)32-26(30)33-25(23)35/h7-8,11,14,18,20-22H,1,9-10,12-13H2,2-6H3,(H3,30,32,33,35)/t18-,20-,21+,22-,41-/m0/s1. The number of rotatable bonds is 7. The van der Waals surface area contributed by atoms with Crippen LogP contribution < -0.4 is 11.3 Å². The van der Waals surface area contributed by atoms with E-state index in [9.17, 15) is 18.1 Å². The molecule has 42 heavy (non-hydrogen) atoms. The number of aromatic amines is 1. The van der Waals surface area contributed by atoms with E-state index >= 15 is 0 Å². The summed E-state index contributed by atoms with van der Waals surface area (Å²) in [6.45, 7) is 14.9. The third-order valence-electron chi connectivity index (χ3n) is 8.45. The topological polar surface area (TPSA) is 144 Å². The molecule has 3 N–H and O–H groups in total. The van der Waals surface area contributed by atoms with Gasteiger partial charge in [-0.1, -0.05) is 33.4 Å². The van der Waals surface area contributed by atoms with Gasteiger partial charge in [-0.25, -0.2) is 18.3 Å². The van der Waals surface area contributed by atoms with Gasteiger partial charge in [0, 0.05) is 24.0 Å². The fourth-order valence-corrected chi connectivity index (χ4v) is 7.88. The molecule has 0 bridgehead atoms. The fraction of sp³-hybridized carbons (Fsp3) is 0.519. The number of phosphoric ester groups is 1. The van der Waals surface area contributed by atoms with Crippen molar-refractivity contribution >= 4 is 33.3 Å². The average molecular weight is 624 g/mol. The Morgan fingerprint density at radius 3 is 2.74 bits per heavy atom. The van der Waals surface area contributed by atoms with Crippen LogP contribution in [0.25, 0.3) is 11.2 Å². The number of anilines is 1. The molecule has 0 amide bonds. The van der Waals surface area contributed by atoms with Gasteiger partial charge in [0.25, 0.3) is 5.56 Å². The smallest absolute Gasteiger partial charge is 0.413 e. The van der Waals surface area contributed by atoms with Crippen molar-refractivity contribution < 1.29 is 31.3 Å². The predicted octanol–water partition coefficient (Wildman–Crippen LogP) is 5.79. The summed E-state index contributed by atoms with van der Waals surface area (Å²) in [5, 5.41) is -0.0996. The molecule has 5 atom stereocenters. The van der Waals surface area contributed by atoms with Crippen LogP contribution in [0.2, 0.25) is 18.1 Å². The van der Waals surface area contributed by atoms with Gasteiger partial charge in [0.1, 0.15) is 11.6 Å². The summed E-state index contributed by atoms with van der Waals surface area (Å²) in [5.41, 5.74) is 6.59. The fourth-order valence-electron chi connectivity index (χ4n) is 5.11. The molecule has 1 aliphatic carbocycles. The van der Waals surface area contributed by atoms with Crippen LogP contribution >= 0.6 is 7.82 Å². The van der Waals surface area contributed by atoms with Crippen LogP contribution in [0.15, 0.2) is 41.5 Å². The first-order chi connectivity index (χ1) is 19.6. The number of fused-ring (bicyclic) bond motifs is 1. The number of benzene rings is 1. The highest BCUT2D eigenvalue weighted by Crippen LogP contribution is 2.58. The molecule has 5 rings (SSSR count). The van der Waals surface area contributed by atoms with Crippen molar-refractivity contribution in [1.29, 1.82) is 0 Å². The van der Waals surface area contributed by atoms with E-state index in [1.54, 1.807) is 4.57 Å². The normalized spacial score (nSPS) is 27.2. The lowest BCUT2D eigenvalue weighted by atomic mass is 10.0. The number of phosphoric acid groups is 1. The van der Waals surface area contributed by atoms with E-state index in [4.69, 9.17) is 23.7 Å². The Hall–Kier alpha value is -2.74. The second-order valence-electron chi connectivity index (χ2n) is 12.2. The molecule has 3 heterocycles. The highest BCUT2D eigenvalue weighted by Gasteiger charge is 2.48. The molecule has 1 aliphatic heterocycles. The number of nitrogens with one attached hydrogen (secondary N) is 1. The minimum absolute atomic E-state index is 0.000436. The zero-order valence-electron chi connectivity index (χ0n) is 24.2. The third kappa shape index (κ3) is 5.88. The number of halogens is 2. The van der Waals surface area contributed by atoms with Crippen LogP contribution in [-0.2, 0) is 22.6 Å². The number of imidazole rings is 1. The highest BCUT2D eigenvalue weighted by atomic mass is 31.2. The monoisotopic (exact) mass is 623 g/mol. The minimum atomic E-state index is -4.13. The van der Waals surface area contributed by atoms with Crippen LogP contribution in [0.4, 0.5) is 14.7 Å². The van der Waals surface area contributed by atoms with Crippen molar-refractivity contribution in [1.82, 2.24) is 19.5 Å². The Labute approximate surface area is 243 Å². The Morgan fingerprint density at radius 1 is 1.31 bits per heavy atom. The Balaban J connectivity index is 1.41. The van der Waals surface area contributed by atoms with E-state index in [0.717, 1.165) is 12.1 Å². The molecule has 2 fully saturated rings. The lowest BCUT2D eigenvalue weighted by molar-refractivity contribution is 0.0164. The molecule has 2 aliphatic rings. The zero-order chi connectivity index (χ0) is 30.6. The first-order valence-corrected chi connectivity index (χ1v) is 18.1. The molecule has 15 heteroatoms. The quantitative estimate of drug-likeness (QED) is 0.190. The van der Waals surface area contributed by atoms with Gasteiger partial charge < -0.3 is 14.7 Å². The van der Waals surface area contributed by atoms with E-state index in [1.807, 2.05) is 0 Å². The van der Waals surface area contributed by atoms with E-state index in [1.165, 1.54) is 12.4 Å². The first-order valence-electron chi connectivity index (χ1n) is 13.7. The van der Waals surface area contributed by atoms with Gasteiger partial charge >= 0.3 is 7.82 Å². The minimum Gasteiger partial charge on any atom is -0.413 e. The van der Waals surface area contributed by atoms with E-state index in [2.05, 4.69) is 55.4 Å². The molecule has 2 aromatic heterocycles. The van der Waals surface area contributed by atoms with Crippen molar-refractivity contribution in [3.05, 3.63) is 64.2 Å². The summed E-state index contributed by atoms with van der Waals surface area (Å²) < 4.78 is 67.0. The van der Waals surface area contributed by atoms with Gasteiger partial charge in [-0.2, -0.15) is 4.98 Å². The van der Waals surface area contributed by atoms with Gasteiger partial charge in [0.2, 0.25) is 5.95 Å². The van der Waals surface area contributed by atoms with Gasteiger partial charge in [-0.15, -0.1) is 0 Å². The van der Waals surface area contributed by atoms with Crippen LogP contribution in [0.3, 0.4) is 0 Å². The van der Waals surface area contributed by atoms with Crippen molar-refractivity contribution in [3.8, 4) is 0 Å². The zero-order valence-corrected chi connectivity index (χ0v) is 26.1. The van der Waals surface area contributed by atoms with E-state index in [-0.39, 0.29) is 53.8 Å². The molecule has 11 nitrogen and oxygen atoms in total. The molecular weight excluding hydrogens is 587 g/mol. The van der Waals surface area contributed by atoms with Crippen molar-refractivity contribution in [2.75, 3.05) is 18.9 Å². The van der Waals surface area contributed by atoms with Crippen molar-refractivity contribution in [2.45, 2.75) is 70.0 Å². The molecule has 0 unspecified atom stereocenters. The van der Waals surface area contributed by atoms with Gasteiger partial charge in [-0.05, 0) is 36.2 Å². The maximum Gasteiger partial charge on any atom is 0.475 e. The first kappa shape index (κ1) is 30.7. The molecular formula is C27H36F2N5O6PSi. The molecule has 228 valence electrons. The number of H-pyrrole nitrogens is 1. The number of hydrogen-bond donors (Lipinski definition) is 2. The largest absolute Gasteiger partial charge is 0.475 e. The summed E-state index contributed by atoms with van der Waals surface area (Å²) in [6, 6.07) is 2.76. The summed E-state index contributed by atoms with van der Waals surface area (Å²) >= 11 is 0. The van der Waals surface area contributed by atoms with Gasteiger partial charge in [0.15, 0.2) is 19.5 Å². The summed E-state index contributed by atoms with van der Waals surface area (Å²) in [7, 11) is -6.42. The summed E-state index contributed by atoms with van der Waals surface area (Å²) in [6.07, 6.45) is 0.882. The van der Waals surface area contributed by atoms with E-state index < -0.39 is 45.4 Å². The molecule has 0 spiro atoms. The maximum absolute atomic E-state index is 14.5. The Bertz CT molecular complexity index is 1620. The van der Waals surface area contributed by atoms with Gasteiger partial charge in [-0.3, -0.25) is 23.3 Å². The van der Waals surface area contributed by atoms with Crippen molar-refractivity contribution in [3.63, 3.8) is 0 Å². The molecule has 3 aromatic rings. The number of aromatic nitrogens is 4. The van der Waals surface area contributed by atoms with E-state index in [0.29, 0.717) is 17.6 Å². The molecule has 0 radical (unpaired) electrons. The van der Waals surface area contributed by atoms with Crippen LogP contribution in [0.1, 0.15) is 51.3 Å². The van der Waals surface area contributed by atoms with Crippen molar-refractivity contribution in [2.24, 2.45) is 5.92 Å². The lowest BCUT2D eigenvalue weighted by Crippen LogP contribution is -2.45. The average Bonchev–Trinajstić information content (AvgIpc) is 3.42. The van der Waals surface area contributed by atoms with Gasteiger partial charge in [0.05, 0.1) is 37.8 Å². The predicted molar refractivity (Wildman–Crippen MR) is 155 cm³/mol. The number of nitrogens with zero attached hydrogens (tertiary/aromatic N) is 3. The Morgan fingerprint density at radius 2 is 2.05 bits per heavy atom. The molecule has 1 saturated carbocycles. The number of nitrogen functional groups attached to an aromatic ring is 1. The number of nitrogens with two attached hydrogens (primary N) is 1. The maximum atomic E-state index is 14.5. The second-order valence-corrected chi connectivity index (χ2v) is 18.6.